The average Bonchev–Trinajstić information content (AvgIpc) is 3.18. The first-order valence-electron chi connectivity index (χ1n) is 10.6. The van der Waals surface area contributed by atoms with E-state index in [9.17, 15) is 10.2 Å². The van der Waals surface area contributed by atoms with Crippen LogP contribution in [0.25, 0.3) is 0 Å². The molecule has 0 saturated carbocycles. The van der Waals surface area contributed by atoms with Crippen LogP contribution >= 0.6 is 0 Å². The summed E-state index contributed by atoms with van der Waals surface area (Å²) in [5, 5.41) is 19.4. The Hall–Kier alpha value is -1.22. The van der Waals surface area contributed by atoms with Crippen LogP contribution in [0.15, 0.2) is 24.3 Å². The molecule has 1 aromatic rings. The van der Waals surface area contributed by atoms with Crippen LogP contribution in [0.1, 0.15) is 52.0 Å². The number of ether oxygens (including phenoxy) is 5. The number of benzene rings is 1. The molecule has 0 spiro atoms. The normalized spacial score (nSPS) is 29.0. The number of fused-ring (bicyclic) bond motifs is 1. The molecular formula is C22H34O7. The van der Waals surface area contributed by atoms with Gasteiger partial charge in [0.05, 0.1) is 19.8 Å². The van der Waals surface area contributed by atoms with Crippen LogP contribution in [0.2, 0.25) is 0 Å². The zero-order valence-corrected chi connectivity index (χ0v) is 17.6. The highest BCUT2D eigenvalue weighted by atomic mass is 16.8. The number of unbranched alkanes of at least 4 members (excludes halogenated alkanes) is 3. The lowest BCUT2D eigenvalue weighted by Gasteiger charge is -2.28. The fourth-order valence-electron chi connectivity index (χ4n) is 3.70. The lowest BCUT2D eigenvalue weighted by atomic mass is 10.1. The Bertz CT molecular complexity index is 618. The van der Waals surface area contributed by atoms with Crippen molar-refractivity contribution in [3.63, 3.8) is 0 Å². The maximum absolute atomic E-state index is 10.1. The molecule has 29 heavy (non-hydrogen) atoms. The minimum atomic E-state index is -1.07. The SMILES string of the molecule is CCCCCCOc1ccc(CO[C@@H]2[C@H]3OC(C)(C)O[C@H]3O[C@@H]2[C@H](O)CO)cc1. The Morgan fingerprint density at radius 1 is 1.10 bits per heavy atom. The van der Waals surface area contributed by atoms with Crippen molar-refractivity contribution in [3.05, 3.63) is 29.8 Å². The molecule has 0 unspecified atom stereocenters. The number of hydrogen-bond acceptors (Lipinski definition) is 7. The van der Waals surface area contributed by atoms with Gasteiger partial charge in [0, 0.05) is 0 Å². The van der Waals surface area contributed by atoms with Crippen molar-refractivity contribution in [1.82, 2.24) is 0 Å². The van der Waals surface area contributed by atoms with Crippen molar-refractivity contribution in [3.8, 4) is 5.75 Å². The van der Waals surface area contributed by atoms with Gasteiger partial charge in [-0.1, -0.05) is 38.3 Å². The van der Waals surface area contributed by atoms with Crippen molar-refractivity contribution in [2.75, 3.05) is 13.2 Å². The summed E-state index contributed by atoms with van der Waals surface area (Å²) in [7, 11) is 0. The summed E-state index contributed by atoms with van der Waals surface area (Å²) in [6.45, 7) is 6.45. The highest BCUT2D eigenvalue weighted by molar-refractivity contribution is 5.26. The van der Waals surface area contributed by atoms with Gasteiger partial charge in [0.25, 0.3) is 0 Å². The van der Waals surface area contributed by atoms with Gasteiger partial charge in [0.15, 0.2) is 12.1 Å². The third kappa shape index (κ3) is 5.90. The molecule has 5 atom stereocenters. The highest BCUT2D eigenvalue weighted by Crippen LogP contribution is 2.39. The van der Waals surface area contributed by atoms with Crippen LogP contribution in [0, 0.1) is 0 Å². The predicted octanol–water partition coefficient (Wildman–Crippen LogP) is 2.76. The van der Waals surface area contributed by atoms with Gasteiger partial charge in [-0.25, -0.2) is 0 Å². The maximum Gasteiger partial charge on any atom is 0.190 e. The molecule has 2 aliphatic heterocycles. The smallest absolute Gasteiger partial charge is 0.190 e. The monoisotopic (exact) mass is 410 g/mol. The zero-order valence-electron chi connectivity index (χ0n) is 17.6. The summed E-state index contributed by atoms with van der Waals surface area (Å²) >= 11 is 0. The van der Waals surface area contributed by atoms with E-state index in [0.29, 0.717) is 6.61 Å². The molecular weight excluding hydrogens is 376 g/mol. The summed E-state index contributed by atoms with van der Waals surface area (Å²) in [6, 6.07) is 7.79. The molecule has 7 nitrogen and oxygen atoms in total. The van der Waals surface area contributed by atoms with Crippen molar-refractivity contribution >= 4 is 0 Å². The van der Waals surface area contributed by atoms with Crippen molar-refractivity contribution < 1.29 is 33.9 Å². The van der Waals surface area contributed by atoms with E-state index in [2.05, 4.69) is 6.92 Å². The minimum absolute atomic E-state index is 0.326. The van der Waals surface area contributed by atoms with Crippen LogP contribution in [0.3, 0.4) is 0 Å². The molecule has 164 valence electrons. The second-order valence-electron chi connectivity index (χ2n) is 8.15. The van der Waals surface area contributed by atoms with Gasteiger partial charge in [-0.3, -0.25) is 0 Å². The van der Waals surface area contributed by atoms with Gasteiger partial charge < -0.3 is 33.9 Å². The molecule has 2 aliphatic rings. The standard InChI is InChI=1S/C22H34O7/c1-4-5-6-7-12-25-16-10-8-15(9-11-16)14-26-19-18(17(24)13-23)27-21-20(19)28-22(2,3)29-21/h8-11,17-21,23-24H,4-7,12-14H2,1-3H3/t17-,18-,19+,20-,21-/m1/s1. The lowest BCUT2D eigenvalue weighted by Crippen LogP contribution is -2.44. The Kier molecular flexibility index (Phi) is 7.90. The molecule has 2 heterocycles. The van der Waals surface area contributed by atoms with Gasteiger partial charge in [-0.05, 0) is 38.0 Å². The molecule has 3 rings (SSSR count). The van der Waals surface area contributed by atoms with Crippen LogP contribution < -0.4 is 4.74 Å². The molecule has 2 fully saturated rings. The summed E-state index contributed by atoms with van der Waals surface area (Å²) in [5.74, 6) is 0.0692. The topological polar surface area (TPSA) is 86.6 Å². The van der Waals surface area contributed by atoms with E-state index >= 15 is 0 Å². The second kappa shape index (κ2) is 10.2. The third-order valence-electron chi connectivity index (χ3n) is 5.23. The zero-order chi connectivity index (χ0) is 20.9. The molecule has 0 radical (unpaired) electrons. The Morgan fingerprint density at radius 2 is 1.86 bits per heavy atom. The lowest BCUT2D eigenvalue weighted by molar-refractivity contribution is -0.232. The van der Waals surface area contributed by atoms with Crippen LogP contribution in [-0.2, 0) is 25.6 Å². The fourth-order valence-corrected chi connectivity index (χ4v) is 3.70. The van der Waals surface area contributed by atoms with E-state index < -0.39 is 43.1 Å². The molecule has 0 bridgehead atoms. The van der Waals surface area contributed by atoms with Gasteiger partial charge >= 0.3 is 0 Å². The van der Waals surface area contributed by atoms with E-state index in [0.717, 1.165) is 24.3 Å². The fraction of sp³-hybridized carbons (Fsp3) is 0.727. The van der Waals surface area contributed by atoms with E-state index in [4.69, 9.17) is 23.7 Å². The summed E-state index contributed by atoms with van der Waals surface area (Å²) in [4.78, 5) is 0. The van der Waals surface area contributed by atoms with Gasteiger partial charge in [-0.2, -0.15) is 0 Å². The summed E-state index contributed by atoms with van der Waals surface area (Å²) in [6.07, 6.45) is 1.32. The Labute approximate surface area is 172 Å². The van der Waals surface area contributed by atoms with Crippen molar-refractivity contribution in [1.29, 1.82) is 0 Å². The quantitative estimate of drug-likeness (QED) is 0.543. The first kappa shape index (κ1) is 22.5. The summed E-state index contributed by atoms with van der Waals surface area (Å²) in [5.41, 5.74) is 0.974. The number of hydrogen-bond donors (Lipinski definition) is 2. The average molecular weight is 411 g/mol. The Morgan fingerprint density at radius 3 is 2.55 bits per heavy atom. The molecule has 0 aromatic heterocycles. The number of aliphatic hydroxyl groups is 2. The highest BCUT2D eigenvalue weighted by Gasteiger charge is 2.56. The first-order valence-corrected chi connectivity index (χ1v) is 10.6. The van der Waals surface area contributed by atoms with E-state index in [1.54, 1.807) is 0 Å². The van der Waals surface area contributed by atoms with Crippen LogP contribution in [0.4, 0.5) is 0 Å². The van der Waals surface area contributed by atoms with Crippen LogP contribution in [-0.4, -0.2) is 59.9 Å². The van der Waals surface area contributed by atoms with E-state index in [1.807, 2.05) is 38.1 Å². The number of rotatable bonds is 11. The third-order valence-corrected chi connectivity index (χ3v) is 5.23. The van der Waals surface area contributed by atoms with Gasteiger partial charge in [0.1, 0.15) is 30.2 Å². The van der Waals surface area contributed by atoms with E-state index in [1.165, 1.54) is 19.3 Å². The van der Waals surface area contributed by atoms with Gasteiger partial charge in [0.2, 0.25) is 0 Å². The minimum Gasteiger partial charge on any atom is -0.494 e. The Balaban J connectivity index is 1.53. The molecule has 1 aromatic carbocycles. The van der Waals surface area contributed by atoms with Crippen molar-refractivity contribution in [2.24, 2.45) is 0 Å². The number of aliphatic hydroxyl groups excluding tert-OH is 2. The second-order valence-corrected chi connectivity index (χ2v) is 8.15. The van der Waals surface area contributed by atoms with Crippen LogP contribution in [0.5, 0.6) is 5.75 Å². The molecule has 2 saturated heterocycles. The van der Waals surface area contributed by atoms with Gasteiger partial charge in [-0.15, -0.1) is 0 Å². The first-order chi connectivity index (χ1) is 13.9. The molecule has 0 amide bonds. The van der Waals surface area contributed by atoms with E-state index in [-0.39, 0.29) is 0 Å². The molecule has 0 aliphatic carbocycles. The molecule has 2 N–H and O–H groups in total. The largest absolute Gasteiger partial charge is 0.494 e. The van der Waals surface area contributed by atoms with Crippen molar-refractivity contribution in [2.45, 2.75) is 89.6 Å². The maximum atomic E-state index is 10.1. The molecule has 7 heteroatoms. The summed E-state index contributed by atoms with van der Waals surface area (Å²) < 4.78 is 29.2. The predicted molar refractivity (Wildman–Crippen MR) is 106 cm³/mol.